The molecule has 1 rings (SSSR count). The molecule has 0 amide bonds. The number of rotatable bonds is 4. The summed E-state index contributed by atoms with van der Waals surface area (Å²) in [6.07, 6.45) is 1.18. The molecule has 16 heavy (non-hydrogen) atoms. The summed E-state index contributed by atoms with van der Waals surface area (Å²) in [5.41, 5.74) is 3.11. The second-order valence-electron chi connectivity index (χ2n) is 5.63. The number of nitrogens with one attached hydrogen (secondary N) is 1. The van der Waals surface area contributed by atoms with Gasteiger partial charge in [-0.3, -0.25) is 0 Å². The van der Waals surface area contributed by atoms with Crippen LogP contribution in [-0.4, -0.2) is 6.04 Å². The van der Waals surface area contributed by atoms with E-state index in [0.29, 0.717) is 11.5 Å². The Kier molecular flexibility index (Phi) is 4.55. The van der Waals surface area contributed by atoms with E-state index in [1.54, 1.807) is 0 Å². The Hall–Kier alpha value is -0.820. The molecule has 0 fully saturated rings. The number of aryl methyl sites for hydroxylation is 1. The maximum absolute atomic E-state index is 3.67. The molecule has 1 unspecified atom stereocenters. The van der Waals surface area contributed by atoms with Crippen molar-refractivity contribution >= 4 is 0 Å². The molecule has 1 aromatic carbocycles. The van der Waals surface area contributed by atoms with E-state index in [0.717, 1.165) is 6.54 Å². The molecule has 1 heteroatoms. The van der Waals surface area contributed by atoms with Crippen LogP contribution in [-0.2, 0) is 6.54 Å². The van der Waals surface area contributed by atoms with Gasteiger partial charge < -0.3 is 5.32 Å². The van der Waals surface area contributed by atoms with Crippen molar-refractivity contribution in [2.45, 2.75) is 53.6 Å². The van der Waals surface area contributed by atoms with Gasteiger partial charge >= 0.3 is 0 Å². The van der Waals surface area contributed by atoms with Gasteiger partial charge in [0.25, 0.3) is 0 Å². The first-order chi connectivity index (χ1) is 7.45. The first-order valence-corrected chi connectivity index (χ1v) is 6.23. The molecule has 0 heterocycles. The average molecular weight is 219 g/mol. The minimum absolute atomic E-state index is 0.331. The third-order valence-electron chi connectivity index (χ3n) is 3.25. The topological polar surface area (TPSA) is 12.0 Å². The van der Waals surface area contributed by atoms with E-state index in [4.69, 9.17) is 0 Å². The monoisotopic (exact) mass is 219 g/mol. The zero-order valence-electron chi connectivity index (χ0n) is 11.3. The van der Waals surface area contributed by atoms with Crippen LogP contribution in [0.25, 0.3) is 0 Å². The maximum atomic E-state index is 3.67. The first kappa shape index (κ1) is 13.2. The molecular weight excluding hydrogens is 194 g/mol. The molecule has 0 aliphatic heterocycles. The van der Waals surface area contributed by atoms with Crippen LogP contribution < -0.4 is 5.32 Å². The Labute approximate surface area is 100 Å². The quantitative estimate of drug-likeness (QED) is 0.809. The van der Waals surface area contributed by atoms with E-state index in [1.807, 2.05) is 0 Å². The molecule has 0 aliphatic rings. The summed E-state index contributed by atoms with van der Waals surface area (Å²) in [7, 11) is 0. The van der Waals surface area contributed by atoms with Gasteiger partial charge in [0.2, 0.25) is 0 Å². The summed E-state index contributed by atoms with van der Waals surface area (Å²) in [5, 5.41) is 3.67. The zero-order chi connectivity index (χ0) is 12.2. The first-order valence-electron chi connectivity index (χ1n) is 6.23. The van der Waals surface area contributed by atoms with Gasteiger partial charge in [0, 0.05) is 12.6 Å². The zero-order valence-corrected chi connectivity index (χ0v) is 11.3. The molecule has 0 aliphatic carbocycles. The van der Waals surface area contributed by atoms with E-state index >= 15 is 0 Å². The summed E-state index contributed by atoms with van der Waals surface area (Å²) in [4.78, 5) is 0. The van der Waals surface area contributed by atoms with E-state index in [2.05, 4.69) is 64.2 Å². The largest absolute Gasteiger partial charge is 0.309 e. The van der Waals surface area contributed by atoms with Gasteiger partial charge in [-0.25, -0.2) is 0 Å². The second kappa shape index (κ2) is 5.49. The van der Waals surface area contributed by atoms with Gasteiger partial charge in [0.05, 0.1) is 0 Å². The number of benzene rings is 1. The third-order valence-corrected chi connectivity index (χ3v) is 3.25. The van der Waals surface area contributed by atoms with E-state index < -0.39 is 0 Å². The lowest BCUT2D eigenvalue weighted by molar-refractivity contribution is 0.259. The molecular formula is C15H25N. The number of hydrogen-bond acceptors (Lipinski definition) is 1. The van der Waals surface area contributed by atoms with Gasteiger partial charge in [-0.05, 0) is 29.9 Å². The molecule has 0 saturated heterocycles. The highest BCUT2D eigenvalue weighted by Gasteiger charge is 2.21. The van der Waals surface area contributed by atoms with Crippen LogP contribution in [0.1, 0.15) is 45.2 Å². The third kappa shape index (κ3) is 3.64. The van der Waals surface area contributed by atoms with Crippen LogP contribution in [0, 0.1) is 12.3 Å². The van der Waals surface area contributed by atoms with Crippen LogP contribution in [0.5, 0.6) is 0 Å². The summed E-state index contributed by atoms with van der Waals surface area (Å²) >= 11 is 0. The predicted molar refractivity (Wildman–Crippen MR) is 71.6 cm³/mol. The lowest BCUT2D eigenvalue weighted by Gasteiger charge is -2.31. The summed E-state index contributed by atoms with van der Waals surface area (Å²) in [6, 6.07) is 9.17. The van der Waals surface area contributed by atoms with Crippen LogP contribution in [0.3, 0.4) is 0 Å². The van der Waals surface area contributed by atoms with Crippen molar-refractivity contribution in [3.8, 4) is 0 Å². The fourth-order valence-electron chi connectivity index (χ4n) is 2.10. The van der Waals surface area contributed by atoms with Crippen LogP contribution >= 0.6 is 0 Å². The van der Waals surface area contributed by atoms with Crippen molar-refractivity contribution < 1.29 is 0 Å². The molecule has 0 saturated carbocycles. The molecule has 0 radical (unpaired) electrons. The van der Waals surface area contributed by atoms with Gasteiger partial charge in [0.15, 0.2) is 0 Å². The van der Waals surface area contributed by atoms with Crippen LogP contribution in [0.15, 0.2) is 24.3 Å². The highest BCUT2D eigenvalue weighted by molar-refractivity contribution is 5.25. The Balaban J connectivity index is 2.60. The van der Waals surface area contributed by atoms with E-state index in [1.165, 1.54) is 17.5 Å². The van der Waals surface area contributed by atoms with Gasteiger partial charge in [-0.1, -0.05) is 52.0 Å². The van der Waals surface area contributed by atoms with Crippen molar-refractivity contribution in [2.24, 2.45) is 5.41 Å². The second-order valence-corrected chi connectivity index (χ2v) is 5.63. The molecule has 90 valence electrons. The van der Waals surface area contributed by atoms with Crippen LogP contribution in [0.2, 0.25) is 0 Å². The van der Waals surface area contributed by atoms with Crippen molar-refractivity contribution in [1.29, 1.82) is 0 Å². The smallest absolute Gasteiger partial charge is 0.0210 e. The van der Waals surface area contributed by atoms with E-state index in [9.17, 15) is 0 Å². The Morgan fingerprint density at radius 1 is 1.19 bits per heavy atom. The molecule has 1 atom stereocenters. The fourth-order valence-corrected chi connectivity index (χ4v) is 2.10. The van der Waals surface area contributed by atoms with Gasteiger partial charge in [-0.15, -0.1) is 0 Å². The maximum Gasteiger partial charge on any atom is 0.0210 e. The predicted octanol–water partition coefficient (Wildman–Crippen LogP) is 3.91. The molecule has 1 N–H and O–H groups in total. The molecule has 1 aromatic rings. The highest BCUT2D eigenvalue weighted by atomic mass is 14.9. The SMILES string of the molecule is CCC(NCc1ccccc1C)C(C)(C)C. The summed E-state index contributed by atoms with van der Waals surface area (Å²) in [6.45, 7) is 12.3. The lowest BCUT2D eigenvalue weighted by Crippen LogP contribution is -2.39. The molecule has 0 spiro atoms. The number of hydrogen-bond donors (Lipinski definition) is 1. The van der Waals surface area contributed by atoms with E-state index in [-0.39, 0.29) is 0 Å². The van der Waals surface area contributed by atoms with Crippen LogP contribution in [0.4, 0.5) is 0 Å². The van der Waals surface area contributed by atoms with Gasteiger partial charge in [-0.2, -0.15) is 0 Å². The average Bonchev–Trinajstić information content (AvgIpc) is 2.19. The normalized spacial score (nSPS) is 13.8. The standard InChI is InChI=1S/C15H25N/c1-6-14(15(3,4)5)16-11-13-10-8-7-9-12(13)2/h7-10,14,16H,6,11H2,1-5H3. The van der Waals surface area contributed by atoms with Crippen molar-refractivity contribution in [1.82, 2.24) is 5.32 Å². The molecule has 0 bridgehead atoms. The fraction of sp³-hybridized carbons (Fsp3) is 0.600. The van der Waals surface area contributed by atoms with Gasteiger partial charge in [0.1, 0.15) is 0 Å². The Morgan fingerprint density at radius 2 is 1.81 bits per heavy atom. The Bertz CT molecular complexity index is 322. The van der Waals surface area contributed by atoms with Crippen molar-refractivity contribution in [2.75, 3.05) is 0 Å². The minimum atomic E-state index is 0.331. The highest BCUT2D eigenvalue weighted by Crippen LogP contribution is 2.22. The molecule has 1 nitrogen and oxygen atoms in total. The summed E-state index contributed by atoms with van der Waals surface area (Å²) in [5.74, 6) is 0. The molecule has 0 aromatic heterocycles. The minimum Gasteiger partial charge on any atom is -0.309 e. The Morgan fingerprint density at radius 3 is 2.31 bits per heavy atom. The van der Waals surface area contributed by atoms with Crippen molar-refractivity contribution in [3.63, 3.8) is 0 Å². The lowest BCUT2D eigenvalue weighted by atomic mass is 9.85. The van der Waals surface area contributed by atoms with Crippen molar-refractivity contribution in [3.05, 3.63) is 35.4 Å². The summed E-state index contributed by atoms with van der Waals surface area (Å²) < 4.78 is 0.